The van der Waals surface area contributed by atoms with Gasteiger partial charge in [0, 0.05) is 6.20 Å². The molecule has 0 aliphatic carbocycles. The highest BCUT2D eigenvalue weighted by molar-refractivity contribution is 7.81. The Balaban J connectivity index is 2.20. The lowest BCUT2D eigenvalue weighted by Gasteiger charge is -2.20. The van der Waals surface area contributed by atoms with Crippen LogP contribution in [0.15, 0.2) is 48.7 Å². The number of rotatable bonds is 7. The van der Waals surface area contributed by atoms with Gasteiger partial charge in [-0.25, -0.2) is 0 Å². The van der Waals surface area contributed by atoms with E-state index in [1.54, 1.807) is 18.2 Å². The number of nitrogens with zero attached hydrogens (tertiary/aromatic N) is 1. The zero-order chi connectivity index (χ0) is 24.6. The highest BCUT2D eigenvalue weighted by atomic mass is 35.5. The van der Waals surface area contributed by atoms with Gasteiger partial charge in [-0.05, 0) is 47.5 Å². The first-order chi connectivity index (χ1) is 15.2. The van der Waals surface area contributed by atoms with E-state index >= 15 is 0 Å². The van der Waals surface area contributed by atoms with Crippen LogP contribution in [-0.2, 0) is 20.8 Å². The summed E-state index contributed by atoms with van der Waals surface area (Å²) in [6, 6.07) is 10.4. The summed E-state index contributed by atoms with van der Waals surface area (Å²) in [5.41, 5.74) is 1.24. The molecule has 3 rings (SSSR count). The van der Waals surface area contributed by atoms with Crippen LogP contribution in [0.3, 0.4) is 0 Å². The molecule has 15 heteroatoms. The highest BCUT2D eigenvalue weighted by Crippen LogP contribution is 2.43. The molecule has 0 spiro atoms. The first-order valence-electron chi connectivity index (χ1n) is 8.48. The third kappa shape index (κ3) is 6.61. The molecule has 0 bridgehead atoms. The minimum Gasteiger partial charge on any atom is -0.359 e. The second-order valence-electron chi connectivity index (χ2n) is 6.34. The van der Waals surface area contributed by atoms with Gasteiger partial charge in [0.2, 0.25) is 0 Å². The van der Waals surface area contributed by atoms with Gasteiger partial charge in [-0.1, -0.05) is 52.5 Å². The van der Waals surface area contributed by atoms with Crippen LogP contribution in [0.2, 0.25) is 20.1 Å². The van der Waals surface area contributed by atoms with E-state index in [2.05, 4.69) is 13.4 Å². The normalized spacial score (nSPS) is 12.1. The smallest absolute Gasteiger partial charge is 0.359 e. The van der Waals surface area contributed by atoms with Crippen LogP contribution in [-0.4, -0.2) is 30.9 Å². The highest BCUT2D eigenvalue weighted by Gasteiger charge is 2.25. The summed E-state index contributed by atoms with van der Waals surface area (Å²) < 4.78 is 71.0. The summed E-state index contributed by atoms with van der Waals surface area (Å²) in [6.45, 7) is 0. The van der Waals surface area contributed by atoms with Crippen molar-refractivity contribution in [3.8, 4) is 11.5 Å². The van der Waals surface area contributed by atoms with Crippen LogP contribution in [0.1, 0.15) is 22.7 Å². The van der Waals surface area contributed by atoms with E-state index in [1.807, 2.05) is 0 Å². The minimum absolute atomic E-state index is 0.237. The van der Waals surface area contributed by atoms with Crippen molar-refractivity contribution in [1.82, 2.24) is 4.98 Å². The van der Waals surface area contributed by atoms with Gasteiger partial charge in [0.1, 0.15) is 0 Å². The van der Waals surface area contributed by atoms with E-state index in [4.69, 9.17) is 55.5 Å². The van der Waals surface area contributed by atoms with Crippen LogP contribution in [0.4, 0.5) is 0 Å². The number of halogens is 4. The topological polar surface area (TPSA) is 140 Å². The Morgan fingerprint density at radius 1 is 0.727 bits per heavy atom. The van der Waals surface area contributed by atoms with Crippen molar-refractivity contribution in [3.63, 3.8) is 0 Å². The lowest BCUT2D eigenvalue weighted by molar-refractivity contribution is 0.384. The number of benzene rings is 2. The molecule has 3 aromatic rings. The van der Waals surface area contributed by atoms with Crippen LogP contribution in [0.25, 0.3) is 0 Å². The van der Waals surface area contributed by atoms with E-state index in [-0.39, 0.29) is 20.1 Å². The van der Waals surface area contributed by atoms with Gasteiger partial charge >= 0.3 is 20.8 Å². The Kier molecular flexibility index (Phi) is 7.66. The maximum absolute atomic E-state index is 11.1. The van der Waals surface area contributed by atoms with Crippen LogP contribution < -0.4 is 8.37 Å². The molecule has 2 N–H and O–H groups in total. The summed E-state index contributed by atoms with van der Waals surface area (Å²) in [5, 5.41) is -0.946. The molecule has 9 nitrogen and oxygen atoms in total. The molecule has 0 aliphatic heterocycles. The largest absolute Gasteiger partial charge is 0.446 e. The maximum atomic E-state index is 11.1. The first-order valence-corrected chi connectivity index (χ1v) is 12.7. The predicted molar refractivity (Wildman–Crippen MR) is 122 cm³/mol. The fourth-order valence-corrected chi connectivity index (χ4v) is 5.07. The van der Waals surface area contributed by atoms with E-state index < -0.39 is 38.2 Å². The summed E-state index contributed by atoms with van der Waals surface area (Å²) in [4.78, 5) is 4.31. The average Bonchev–Trinajstić information content (AvgIpc) is 2.67. The Labute approximate surface area is 208 Å². The molecule has 0 radical (unpaired) electrons. The van der Waals surface area contributed by atoms with E-state index in [9.17, 15) is 16.8 Å². The number of hydrogen-bond acceptors (Lipinski definition) is 7. The minimum atomic E-state index is -4.89. The zero-order valence-electron chi connectivity index (χ0n) is 15.8. The molecule has 0 fully saturated rings. The third-order valence-corrected chi connectivity index (χ3v) is 5.95. The van der Waals surface area contributed by atoms with E-state index in [0.29, 0.717) is 16.8 Å². The molecule has 0 saturated heterocycles. The molecular weight excluding hydrogens is 564 g/mol. The second kappa shape index (κ2) is 9.80. The number of pyridine rings is 1. The second-order valence-corrected chi connectivity index (χ2v) is 10.0. The molecule has 0 unspecified atom stereocenters. The third-order valence-electron chi connectivity index (χ3n) is 4.07. The van der Waals surface area contributed by atoms with E-state index in [0.717, 1.165) is 0 Å². The quantitative estimate of drug-likeness (QED) is 0.362. The Morgan fingerprint density at radius 2 is 1.12 bits per heavy atom. The SMILES string of the molecule is O=S(=O)(O)Oc1c(Cl)cc(C(c2cc(Cl)c(OS(=O)(=O)O)c(Cl)c2)c2ccccn2)cc1Cl. The fourth-order valence-electron chi connectivity index (χ4n) is 2.94. The Bertz CT molecular complexity index is 1280. The van der Waals surface area contributed by atoms with Gasteiger partial charge in [0.15, 0.2) is 11.5 Å². The number of hydrogen-bond donors (Lipinski definition) is 2. The molecule has 1 aromatic heterocycles. The maximum Gasteiger partial charge on any atom is 0.446 e. The van der Waals surface area contributed by atoms with Crippen molar-refractivity contribution in [3.05, 3.63) is 85.6 Å². The predicted octanol–water partition coefficient (Wildman–Crippen LogP) is 5.24. The molecule has 33 heavy (non-hydrogen) atoms. The molecule has 0 atom stereocenters. The number of aromatic nitrogens is 1. The van der Waals surface area contributed by atoms with Crippen LogP contribution in [0, 0.1) is 0 Å². The molecule has 0 aliphatic rings. The van der Waals surface area contributed by atoms with Gasteiger partial charge in [-0.15, -0.1) is 0 Å². The van der Waals surface area contributed by atoms with Crippen molar-refractivity contribution < 1.29 is 34.3 Å². The molecule has 0 amide bonds. The zero-order valence-corrected chi connectivity index (χ0v) is 20.5. The lowest BCUT2D eigenvalue weighted by Crippen LogP contribution is -2.10. The van der Waals surface area contributed by atoms with Crippen molar-refractivity contribution >= 4 is 67.2 Å². The van der Waals surface area contributed by atoms with Gasteiger partial charge in [0.25, 0.3) is 0 Å². The molecule has 1 heterocycles. The standard InChI is InChI=1S/C18H11Cl4NO8S2/c19-11-5-9(6-12(20)17(11)30-32(24,25)26)16(15-3-1-2-4-23-15)10-7-13(21)18(14(22)8-10)31-33(27,28)29/h1-8,16H,(H,24,25,26)(H,27,28,29). The summed E-state index contributed by atoms with van der Waals surface area (Å²) >= 11 is 24.6. The van der Waals surface area contributed by atoms with E-state index in [1.165, 1.54) is 30.5 Å². The molecular formula is C18H11Cl4NO8S2. The summed E-state index contributed by atoms with van der Waals surface area (Å²) in [6.07, 6.45) is 1.51. The molecule has 2 aromatic carbocycles. The molecule has 176 valence electrons. The summed E-state index contributed by atoms with van der Waals surface area (Å²) in [7, 11) is -9.78. The Hall–Kier alpha value is -1.83. The van der Waals surface area contributed by atoms with Crippen LogP contribution in [0.5, 0.6) is 11.5 Å². The first kappa shape index (κ1) is 25.8. The van der Waals surface area contributed by atoms with Gasteiger partial charge in [-0.2, -0.15) is 16.8 Å². The van der Waals surface area contributed by atoms with Crippen LogP contribution >= 0.6 is 46.4 Å². The van der Waals surface area contributed by atoms with Gasteiger partial charge in [-0.3, -0.25) is 14.1 Å². The lowest BCUT2D eigenvalue weighted by atomic mass is 9.88. The average molecular weight is 575 g/mol. The monoisotopic (exact) mass is 573 g/mol. The fraction of sp³-hybridized carbons (Fsp3) is 0.0556. The van der Waals surface area contributed by atoms with Gasteiger partial charge < -0.3 is 8.37 Å². The van der Waals surface area contributed by atoms with Crippen molar-refractivity contribution in [2.75, 3.05) is 0 Å². The molecule has 0 saturated carbocycles. The van der Waals surface area contributed by atoms with Gasteiger partial charge in [0.05, 0.1) is 31.7 Å². The van der Waals surface area contributed by atoms with Crippen molar-refractivity contribution in [2.45, 2.75) is 5.92 Å². The summed E-state index contributed by atoms with van der Waals surface area (Å²) in [5.74, 6) is -1.72. The van der Waals surface area contributed by atoms with Crippen molar-refractivity contribution in [2.24, 2.45) is 0 Å². The Morgan fingerprint density at radius 3 is 1.42 bits per heavy atom. The van der Waals surface area contributed by atoms with Crippen molar-refractivity contribution in [1.29, 1.82) is 0 Å².